The standard InChI is InChI=1S/C37H44ClN7O4S/c1-24-7-6-9-33(48-3)30-14-11-28(30)20-45-19-27-10-13-29(38)17-25(27)8-4-5-16-49-34-15-12-26(18-32(34)45)37(46)43-50(47,22-24)42-36-31-21-44(2)41-35(31)39-23-40-36/h6,9-10,12-13,15,17-18,21,23-24,28,30,33H,4-5,7-8,11,14,16,19-20,22H2,1-3H3,(H,39,40,41,42,43,46,47)/b9-6+/t24-,28-,30+,33-,50?/m0/s1. The van der Waals surface area contributed by atoms with Gasteiger partial charge in [0.05, 0.1) is 29.5 Å². The normalized spacial score (nSPS) is 26.7. The summed E-state index contributed by atoms with van der Waals surface area (Å²) in [5, 5.41) is 5.68. The van der Waals surface area contributed by atoms with Crippen LogP contribution in [0.2, 0.25) is 5.02 Å². The third-order valence-electron chi connectivity index (χ3n) is 10.1. The first-order chi connectivity index (χ1) is 24.2. The molecule has 1 fully saturated rings. The molecule has 0 saturated heterocycles. The summed E-state index contributed by atoms with van der Waals surface area (Å²) in [7, 11) is 0.199. The van der Waals surface area contributed by atoms with Gasteiger partial charge in [-0.25, -0.2) is 14.2 Å². The molecule has 4 heterocycles. The minimum Gasteiger partial charge on any atom is -0.491 e. The fourth-order valence-electron chi connectivity index (χ4n) is 7.36. The van der Waals surface area contributed by atoms with E-state index in [1.54, 1.807) is 31.1 Å². The number of anilines is 2. The van der Waals surface area contributed by atoms with Gasteiger partial charge in [0, 0.05) is 44.0 Å². The van der Waals surface area contributed by atoms with Gasteiger partial charge in [-0.15, -0.1) is 4.36 Å². The zero-order chi connectivity index (χ0) is 34.8. The monoisotopic (exact) mass is 717 g/mol. The van der Waals surface area contributed by atoms with Gasteiger partial charge in [-0.3, -0.25) is 14.2 Å². The van der Waals surface area contributed by atoms with Gasteiger partial charge in [-0.2, -0.15) is 5.10 Å². The number of aromatic nitrogens is 4. The smallest absolute Gasteiger partial charge is 0.286 e. The van der Waals surface area contributed by atoms with Gasteiger partial charge < -0.3 is 14.4 Å². The number of methoxy groups -OCH3 is 1. The third kappa shape index (κ3) is 7.52. The predicted molar refractivity (Wildman–Crippen MR) is 197 cm³/mol. The minimum absolute atomic E-state index is 0.0421. The Bertz CT molecular complexity index is 2040. The molecule has 1 N–H and O–H groups in total. The highest BCUT2D eigenvalue weighted by molar-refractivity contribution is 7.95. The number of amides is 1. The first-order valence-electron chi connectivity index (χ1n) is 17.4. The first kappa shape index (κ1) is 34.4. The van der Waals surface area contributed by atoms with Gasteiger partial charge in [0.2, 0.25) is 0 Å². The van der Waals surface area contributed by atoms with Crippen LogP contribution in [0.3, 0.4) is 0 Å². The highest BCUT2D eigenvalue weighted by Gasteiger charge is 2.38. The topological polar surface area (TPSA) is 124 Å². The van der Waals surface area contributed by atoms with Crippen molar-refractivity contribution in [2.45, 2.75) is 58.1 Å². The van der Waals surface area contributed by atoms with E-state index in [2.05, 4.69) is 53.3 Å². The Morgan fingerprint density at radius 1 is 1.10 bits per heavy atom. The lowest BCUT2D eigenvalue weighted by Gasteiger charge is -2.43. The maximum absolute atomic E-state index is 14.8. The van der Waals surface area contributed by atoms with E-state index in [1.165, 1.54) is 17.5 Å². The van der Waals surface area contributed by atoms with Crippen molar-refractivity contribution in [3.8, 4) is 5.75 Å². The van der Waals surface area contributed by atoms with Gasteiger partial charge in [-0.1, -0.05) is 36.7 Å². The molecule has 1 aliphatic carbocycles. The molecule has 2 aromatic heterocycles. The number of aryl methyl sites for hydroxylation is 2. The Morgan fingerprint density at radius 3 is 2.80 bits per heavy atom. The number of nitrogens with one attached hydrogen (secondary N) is 1. The molecule has 5 atom stereocenters. The maximum Gasteiger partial charge on any atom is 0.286 e. The van der Waals surface area contributed by atoms with Crippen LogP contribution < -0.4 is 14.4 Å². The van der Waals surface area contributed by atoms with E-state index in [4.69, 9.17) is 21.1 Å². The number of hydrogen-bond donors (Lipinski definition) is 1. The average molecular weight is 718 g/mol. The molecule has 264 valence electrons. The van der Waals surface area contributed by atoms with Gasteiger partial charge in [0.1, 0.15) is 22.0 Å². The molecular weight excluding hydrogens is 674 g/mol. The zero-order valence-electron chi connectivity index (χ0n) is 28.8. The first-order valence-corrected chi connectivity index (χ1v) is 19.4. The van der Waals surface area contributed by atoms with E-state index in [0.717, 1.165) is 49.4 Å². The van der Waals surface area contributed by atoms with Crippen molar-refractivity contribution in [3.63, 3.8) is 0 Å². The summed E-state index contributed by atoms with van der Waals surface area (Å²) in [6.45, 7) is 3.95. The molecule has 3 aliphatic rings. The van der Waals surface area contributed by atoms with Crippen LogP contribution in [0.15, 0.2) is 65.4 Å². The molecule has 13 heteroatoms. The highest BCUT2D eigenvalue weighted by atomic mass is 35.5. The van der Waals surface area contributed by atoms with Crippen LogP contribution >= 0.6 is 11.6 Å². The summed E-state index contributed by atoms with van der Waals surface area (Å²) in [4.78, 5) is 25.1. The van der Waals surface area contributed by atoms with Crippen molar-refractivity contribution in [2.24, 2.45) is 29.2 Å². The fourth-order valence-corrected chi connectivity index (χ4v) is 9.50. The largest absolute Gasteiger partial charge is 0.491 e. The Balaban J connectivity index is 1.34. The van der Waals surface area contributed by atoms with Crippen LogP contribution in [0, 0.1) is 17.8 Å². The summed E-state index contributed by atoms with van der Waals surface area (Å²) in [5.41, 5.74) is 4.04. The Labute approximate surface area is 298 Å². The molecule has 0 spiro atoms. The van der Waals surface area contributed by atoms with E-state index in [1.807, 2.05) is 25.1 Å². The number of rotatable bonds is 3. The van der Waals surface area contributed by atoms with Crippen LogP contribution in [0.25, 0.3) is 11.0 Å². The van der Waals surface area contributed by atoms with Crippen LogP contribution in [0.4, 0.5) is 11.5 Å². The van der Waals surface area contributed by atoms with Crippen molar-refractivity contribution >= 4 is 50.0 Å². The number of halogens is 1. The molecule has 1 amide bonds. The Kier molecular flexibility index (Phi) is 10.1. The lowest BCUT2D eigenvalue weighted by molar-refractivity contribution is 0.0133. The quantitative estimate of drug-likeness (QED) is 0.225. The van der Waals surface area contributed by atoms with E-state index >= 15 is 0 Å². The number of carbonyl (C=O) groups is 1. The number of allylic oxidation sites excluding steroid dienone is 1. The number of hydrogen-bond acceptors (Lipinski definition) is 8. The van der Waals surface area contributed by atoms with Gasteiger partial charge in [0.15, 0.2) is 11.5 Å². The van der Waals surface area contributed by atoms with Crippen LogP contribution in [-0.4, -0.2) is 62.0 Å². The maximum atomic E-state index is 14.8. The second kappa shape index (κ2) is 14.7. The van der Waals surface area contributed by atoms with Crippen molar-refractivity contribution in [3.05, 3.63) is 82.8 Å². The summed E-state index contributed by atoms with van der Waals surface area (Å²) < 4.78 is 36.4. The summed E-state index contributed by atoms with van der Waals surface area (Å²) >= 11 is 6.48. The van der Waals surface area contributed by atoms with Gasteiger partial charge >= 0.3 is 0 Å². The summed E-state index contributed by atoms with van der Waals surface area (Å²) in [5.74, 6) is 1.24. The van der Waals surface area contributed by atoms with Crippen molar-refractivity contribution in [1.29, 1.82) is 0 Å². The van der Waals surface area contributed by atoms with Crippen LogP contribution in [-0.2, 0) is 34.7 Å². The van der Waals surface area contributed by atoms with Crippen molar-refractivity contribution in [1.82, 2.24) is 19.7 Å². The summed E-state index contributed by atoms with van der Waals surface area (Å²) in [6.07, 6.45) is 12.9. The van der Waals surface area contributed by atoms with E-state index < -0.39 is 15.8 Å². The molecule has 50 heavy (non-hydrogen) atoms. The number of carbonyl (C=O) groups excluding carboxylic acids is 1. The molecule has 2 aliphatic heterocycles. The van der Waals surface area contributed by atoms with E-state index in [9.17, 15) is 9.00 Å². The molecule has 11 nitrogen and oxygen atoms in total. The molecule has 2 aromatic carbocycles. The lowest BCUT2D eigenvalue weighted by atomic mass is 9.70. The fraction of sp³-hybridized carbons (Fsp3) is 0.459. The molecule has 0 radical (unpaired) electrons. The minimum atomic E-state index is -3.36. The molecule has 1 unspecified atom stereocenters. The van der Waals surface area contributed by atoms with Gasteiger partial charge in [-0.05, 0) is 97.7 Å². The van der Waals surface area contributed by atoms with Crippen LogP contribution in [0.5, 0.6) is 5.75 Å². The Morgan fingerprint density at radius 2 is 1.98 bits per heavy atom. The average Bonchev–Trinajstić information content (AvgIpc) is 3.45. The number of benzene rings is 2. The second-order valence-electron chi connectivity index (χ2n) is 13.8. The van der Waals surface area contributed by atoms with E-state index in [0.29, 0.717) is 59.6 Å². The molecule has 7 rings (SSSR count). The number of fused-ring (bicyclic) bond motifs is 4. The summed E-state index contributed by atoms with van der Waals surface area (Å²) in [6, 6.07) is 11.6. The SMILES string of the molecule is CO[C@H]1/C=C/C[C@H](C)CS(=O)(Nc2ncnc3nn(C)cc23)=NC(=O)c2ccc3c(c2)N(Cc2ccc(Cl)cc2CCCCO3)C[C@@H]2CC[C@H]21. The second-order valence-corrected chi connectivity index (χ2v) is 16.3. The predicted octanol–water partition coefficient (Wildman–Crippen LogP) is 7.01. The number of ether oxygens (including phenoxy) is 2. The zero-order valence-corrected chi connectivity index (χ0v) is 30.3. The highest BCUT2D eigenvalue weighted by Crippen LogP contribution is 2.42. The van der Waals surface area contributed by atoms with Crippen LogP contribution in [0.1, 0.15) is 60.5 Å². The van der Waals surface area contributed by atoms with Gasteiger partial charge in [0.25, 0.3) is 5.91 Å². The molecule has 1 saturated carbocycles. The Hall–Kier alpha value is -4.00. The molecule has 2 bridgehead atoms. The van der Waals surface area contributed by atoms with E-state index in [-0.39, 0.29) is 17.8 Å². The number of nitrogens with zero attached hydrogens (tertiary/aromatic N) is 6. The van der Waals surface area contributed by atoms with Crippen molar-refractivity contribution in [2.75, 3.05) is 35.6 Å². The molecular formula is C37H44ClN7O4S. The molecule has 4 aromatic rings. The lowest BCUT2D eigenvalue weighted by Crippen LogP contribution is -2.43. The third-order valence-corrected chi connectivity index (χ3v) is 12.3. The van der Waals surface area contributed by atoms with Crippen molar-refractivity contribution < 1.29 is 18.5 Å².